The van der Waals surface area contributed by atoms with Crippen molar-refractivity contribution in [2.45, 2.75) is 58.7 Å². The molecule has 2 aliphatic rings. The number of carbonyl (C=O) groups is 1. The second-order valence-electron chi connectivity index (χ2n) is 7.07. The van der Waals surface area contributed by atoms with Gasteiger partial charge in [-0.05, 0) is 51.4 Å². The van der Waals surface area contributed by atoms with E-state index < -0.39 is 0 Å². The quantitative estimate of drug-likeness (QED) is 0.898. The van der Waals surface area contributed by atoms with E-state index in [2.05, 4.69) is 35.0 Å². The van der Waals surface area contributed by atoms with Crippen LogP contribution in [0, 0.1) is 0 Å². The van der Waals surface area contributed by atoms with Crippen molar-refractivity contribution < 1.29 is 4.79 Å². The Morgan fingerprint density at radius 3 is 2.61 bits per heavy atom. The molecule has 1 aromatic heterocycles. The number of nitrogens with one attached hydrogen (secondary N) is 1. The fraction of sp³-hybridized carbons (Fsp3) is 0.722. The van der Waals surface area contributed by atoms with Gasteiger partial charge in [-0.15, -0.1) is 11.3 Å². The van der Waals surface area contributed by atoms with Gasteiger partial charge in [-0.2, -0.15) is 0 Å². The molecule has 0 spiro atoms. The summed E-state index contributed by atoms with van der Waals surface area (Å²) in [6, 6.07) is 2.67. The summed E-state index contributed by atoms with van der Waals surface area (Å²) in [4.78, 5) is 19.5. The molecule has 4 nitrogen and oxygen atoms in total. The summed E-state index contributed by atoms with van der Waals surface area (Å²) in [7, 11) is 0. The number of thiophene rings is 1. The lowest BCUT2D eigenvalue weighted by molar-refractivity contribution is 0.0952. The Kier molecular flexibility index (Phi) is 5.72. The van der Waals surface area contributed by atoms with Crippen molar-refractivity contribution >= 4 is 17.2 Å². The molecule has 0 radical (unpaired) electrons. The second-order valence-corrected chi connectivity index (χ2v) is 8.21. The maximum absolute atomic E-state index is 12.3. The van der Waals surface area contributed by atoms with Crippen LogP contribution in [0.5, 0.6) is 0 Å². The number of fused-ring (bicyclic) bond motifs is 1. The van der Waals surface area contributed by atoms with E-state index in [1.54, 1.807) is 11.3 Å². The molecule has 1 saturated heterocycles. The van der Waals surface area contributed by atoms with Crippen LogP contribution in [0.4, 0.5) is 0 Å². The molecule has 1 fully saturated rings. The van der Waals surface area contributed by atoms with E-state index in [1.807, 2.05) is 0 Å². The smallest absolute Gasteiger partial charge is 0.261 e. The average molecular weight is 336 g/mol. The van der Waals surface area contributed by atoms with Crippen LogP contribution in [0.15, 0.2) is 6.07 Å². The van der Waals surface area contributed by atoms with Crippen molar-refractivity contribution in [2.24, 2.45) is 0 Å². The van der Waals surface area contributed by atoms with Gasteiger partial charge in [0, 0.05) is 37.1 Å². The molecule has 5 heteroatoms. The normalized spacial score (nSPS) is 19.8. The third kappa shape index (κ3) is 4.34. The summed E-state index contributed by atoms with van der Waals surface area (Å²) >= 11 is 1.67. The van der Waals surface area contributed by atoms with Gasteiger partial charge in [0.25, 0.3) is 5.91 Å². The highest BCUT2D eigenvalue weighted by molar-refractivity contribution is 7.14. The first-order chi connectivity index (χ1) is 11.1. The first-order valence-electron chi connectivity index (χ1n) is 8.99. The number of carbonyl (C=O) groups excluding carboxylic acids is 1. The maximum atomic E-state index is 12.3. The number of nitrogens with zero attached hydrogens (tertiary/aromatic N) is 2. The Labute approximate surface area is 143 Å². The first-order valence-corrected chi connectivity index (χ1v) is 9.81. The van der Waals surface area contributed by atoms with E-state index in [-0.39, 0.29) is 5.91 Å². The Balaban J connectivity index is 1.45. The molecule has 3 heterocycles. The molecular formula is C18H29N3OS. The van der Waals surface area contributed by atoms with Crippen LogP contribution in [0.2, 0.25) is 0 Å². The van der Waals surface area contributed by atoms with E-state index in [1.165, 1.54) is 49.2 Å². The molecule has 0 aliphatic carbocycles. The lowest BCUT2D eigenvalue weighted by atomic mass is 10.2. The molecule has 0 saturated carbocycles. The molecule has 0 atom stereocenters. The van der Waals surface area contributed by atoms with Crippen LogP contribution in [-0.2, 0) is 13.1 Å². The minimum absolute atomic E-state index is 0.107. The molecule has 1 aromatic rings. The molecule has 2 aliphatic heterocycles. The summed E-state index contributed by atoms with van der Waals surface area (Å²) in [6.45, 7) is 10.6. The Morgan fingerprint density at radius 1 is 1.22 bits per heavy atom. The highest BCUT2D eigenvalue weighted by Crippen LogP contribution is 2.32. The van der Waals surface area contributed by atoms with Gasteiger partial charge < -0.3 is 10.2 Å². The van der Waals surface area contributed by atoms with E-state index >= 15 is 0 Å². The SMILES string of the molecule is CC(C)N1Cc2cc(C(=O)NCCN3CCCCCC3)sc2C1. The van der Waals surface area contributed by atoms with Gasteiger partial charge in [0.2, 0.25) is 0 Å². The predicted octanol–water partition coefficient (Wildman–Crippen LogP) is 3.08. The van der Waals surface area contributed by atoms with Crippen LogP contribution < -0.4 is 5.32 Å². The lowest BCUT2D eigenvalue weighted by Crippen LogP contribution is -2.35. The third-order valence-corrected chi connectivity index (χ3v) is 6.14. The van der Waals surface area contributed by atoms with Crippen molar-refractivity contribution in [3.63, 3.8) is 0 Å². The summed E-state index contributed by atoms with van der Waals surface area (Å²) in [5, 5.41) is 3.11. The van der Waals surface area contributed by atoms with Crippen molar-refractivity contribution in [1.82, 2.24) is 15.1 Å². The van der Waals surface area contributed by atoms with Crippen LogP contribution in [0.1, 0.15) is 59.6 Å². The van der Waals surface area contributed by atoms with Gasteiger partial charge in [0.15, 0.2) is 0 Å². The summed E-state index contributed by atoms with van der Waals surface area (Å²) in [6.07, 6.45) is 5.32. The zero-order valence-corrected chi connectivity index (χ0v) is 15.3. The molecule has 1 amide bonds. The van der Waals surface area contributed by atoms with Gasteiger partial charge in [-0.1, -0.05) is 12.8 Å². The molecule has 0 unspecified atom stereocenters. The molecule has 3 rings (SSSR count). The molecule has 0 bridgehead atoms. The summed E-state index contributed by atoms with van der Waals surface area (Å²) in [5.74, 6) is 0.107. The van der Waals surface area contributed by atoms with Gasteiger partial charge in [0.05, 0.1) is 4.88 Å². The monoisotopic (exact) mass is 335 g/mol. The van der Waals surface area contributed by atoms with E-state index in [4.69, 9.17) is 0 Å². The molecule has 0 aromatic carbocycles. The van der Waals surface area contributed by atoms with E-state index in [9.17, 15) is 4.79 Å². The zero-order chi connectivity index (χ0) is 16.2. The molecule has 23 heavy (non-hydrogen) atoms. The topological polar surface area (TPSA) is 35.6 Å². The molecular weight excluding hydrogens is 306 g/mol. The molecule has 128 valence electrons. The van der Waals surface area contributed by atoms with Crippen molar-refractivity contribution in [2.75, 3.05) is 26.2 Å². The van der Waals surface area contributed by atoms with Crippen LogP contribution in [0.3, 0.4) is 0 Å². The Bertz CT molecular complexity index is 509. The number of hydrogen-bond acceptors (Lipinski definition) is 4. The number of amides is 1. The standard InChI is InChI=1S/C18H29N3OS/c1-14(2)21-12-15-11-16(23-17(15)13-21)18(22)19-7-10-20-8-5-3-4-6-9-20/h11,14H,3-10,12-13H2,1-2H3,(H,19,22). The van der Waals surface area contributed by atoms with Gasteiger partial charge in [-0.25, -0.2) is 0 Å². The Morgan fingerprint density at radius 2 is 1.96 bits per heavy atom. The van der Waals surface area contributed by atoms with Gasteiger partial charge in [0.1, 0.15) is 0 Å². The number of likely N-dealkylation sites (tertiary alicyclic amines) is 1. The minimum Gasteiger partial charge on any atom is -0.350 e. The predicted molar refractivity (Wildman–Crippen MR) is 95.9 cm³/mol. The fourth-order valence-electron chi connectivity index (χ4n) is 3.44. The second kappa shape index (κ2) is 7.77. The Hall–Kier alpha value is -0.910. The van der Waals surface area contributed by atoms with Crippen molar-refractivity contribution in [3.05, 3.63) is 21.4 Å². The minimum atomic E-state index is 0.107. The zero-order valence-electron chi connectivity index (χ0n) is 14.4. The third-order valence-electron chi connectivity index (χ3n) is 4.98. The highest BCUT2D eigenvalue weighted by Gasteiger charge is 2.25. The van der Waals surface area contributed by atoms with Gasteiger partial charge in [-0.3, -0.25) is 9.69 Å². The summed E-state index contributed by atoms with van der Waals surface area (Å²) in [5.41, 5.74) is 1.35. The van der Waals surface area contributed by atoms with Crippen molar-refractivity contribution in [1.29, 1.82) is 0 Å². The lowest BCUT2D eigenvalue weighted by Gasteiger charge is -2.20. The van der Waals surface area contributed by atoms with E-state index in [0.717, 1.165) is 31.1 Å². The number of rotatable bonds is 5. The number of hydrogen-bond donors (Lipinski definition) is 1. The van der Waals surface area contributed by atoms with Crippen LogP contribution in [-0.4, -0.2) is 47.9 Å². The van der Waals surface area contributed by atoms with Gasteiger partial charge >= 0.3 is 0 Å². The van der Waals surface area contributed by atoms with Crippen molar-refractivity contribution in [3.8, 4) is 0 Å². The average Bonchev–Trinajstić information content (AvgIpc) is 2.98. The first kappa shape index (κ1) is 16.9. The highest BCUT2D eigenvalue weighted by atomic mass is 32.1. The van der Waals surface area contributed by atoms with E-state index in [0.29, 0.717) is 6.04 Å². The molecule has 1 N–H and O–H groups in total. The maximum Gasteiger partial charge on any atom is 0.261 e. The van der Waals surface area contributed by atoms with Crippen LogP contribution >= 0.6 is 11.3 Å². The fourth-order valence-corrected chi connectivity index (χ4v) is 4.56. The largest absolute Gasteiger partial charge is 0.350 e. The van der Waals surface area contributed by atoms with Crippen LogP contribution in [0.25, 0.3) is 0 Å². The summed E-state index contributed by atoms with van der Waals surface area (Å²) < 4.78 is 0.